The zero-order chi connectivity index (χ0) is 25.8. The highest BCUT2D eigenvalue weighted by Gasteiger charge is 2.51. The number of hydrogen-bond acceptors (Lipinski definition) is 6. The lowest BCUT2D eigenvalue weighted by Gasteiger charge is -2.34. The molecule has 1 aromatic carbocycles. The van der Waals surface area contributed by atoms with Crippen molar-refractivity contribution in [2.75, 3.05) is 31.7 Å². The van der Waals surface area contributed by atoms with E-state index in [2.05, 4.69) is 20.6 Å². The number of carbonyl (C=O) groups excluding carboxylic acids is 1. The molecule has 3 aromatic rings. The van der Waals surface area contributed by atoms with Crippen LogP contribution < -0.4 is 15.4 Å². The summed E-state index contributed by atoms with van der Waals surface area (Å²) in [5.41, 5.74) is 4.20. The number of fused-ring (bicyclic) bond motifs is 2. The minimum absolute atomic E-state index is 0.0942. The van der Waals surface area contributed by atoms with Gasteiger partial charge in [-0.1, -0.05) is 6.07 Å². The Morgan fingerprint density at radius 1 is 1.27 bits per heavy atom. The lowest BCUT2D eigenvalue weighted by Crippen LogP contribution is -2.44. The zero-order valence-electron chi connectivity index (χ0n) is 21.2. The van der Waals surface area contributed by atoms with Crippen molar-refractivity contribution in [2.24, 2.45) is 0 Å². The fourth-order valence-electron chi connectivity index (χ4n) is 5.04. The van der Waals surface area contributed by atoms with Gasteiger partial charge in [0.1, 0.15) is 24.3 Å². The monoisotopic (exact) mass is 506 g/mol. The number of halogens is 1. The van der Waals surface area contributed by atoms with Gasteiger partial charge in [0.2, 0.25) is 0 Å². The smallest absolute Gasteiger partial charge is 0.255 e. The van der Waals surface area contributed by atoms with E-state index in [1.807, 2.05) is 19.9 Å². The van der Waals surface area contributed by atoms with E-state index in [0.717, 1.165) is 24.1 Å². The van der Waals surface area contributed by atoms with Crippen LogP contribution in [0.15, 0.2) is 36.7 Å². The third-order valence-electron chi connectivity index (χ3n) is 7.53. The first-order chi connectivity index (χ1) is 17.8. The minimum atomic E-state index is -0.315. The number of benzene rings is 1. The van der Waals surface area contributed by atoms with Crippen molar-refractivity contribution in [3.05, 3.63) is 59.3 Å². The predicted octanol–water partition coefficient (Wildman–Crippen LogP) is 4.62. The van der Waals surface area contributed by atoms with Gasteiger partial charge in [-0.05, 0) is 51.8 Å². The molecule has 2 fully saturated rings. The number of H-pyrrole nitrogens is 1. The van der Waals surface area contributed by atoms with Gasteiger partial charge in [-0.15, -0.1) is 0 Å². The van der Waals surface area contributed by atoms with Crippen molar-refractivity contribution in [1.29, 1.82) is 0 Å². The normalized spacial score (nSPS) is 21.3. The van der Waals surface area contributed by atoms with Crippen LogP contribution in [0.5, 0.6) is 5.75 Å². The Kier molecular flexibility index (Phi) is 5.72. The summed E-state index contributed by atoms with van der Waals surface area (Å²) in [7, 11) is 0. The molecular formula is C28H31FN4O4. The van der Waals surface area contributed by atoms with Crippen LogP contribution in [0, 0.1) is 12.7 Å². The second-order valence-corrected chi connectivity index (χ2v) is 10.8. The third-order valence-corrected chi connectivity index (χ3v) is 7.53. The van der Waals surface area contributed by atoms with Crippen LogP contribution in [-0.4, -0.2) is 53.9 Å². The molecule has 1 spiro atoms. The quantitative estimate of drug-likeness (QED) is 0.452. The number of amides is 1. The molecule has 0 unspecified atom stereocenters. The van der Waals surface area contributed by atoms with Gasteiger partial charge in [-0.25, -0.2) is 4.39 Å². The SMILES string of the molecule is Cc1c(F)cccc1Nc1c(-c2ccncc2OC[C@@H]2COC(C)(C)CO2)[nH]c2c1C(=O)NCC21CC1. The highest BCUT2D eigenvalue weighted by Crippen LogP contribution is 2.54. The molecule has 0 radical (unpaired) electrons. The fourth-order valence-corrected chi connectivity index (χ4v) is 5.04. The molecule has 2 aromatic heterocycles. The van der Waals surface area contributed by atoms with Crippen molar-refractivity contribution in [3.63, 3.8) is 0 Å². The van der Waals surface area contributed by atoms with E-state index >= 15 is 0 Å². The fraction of sp³-hybridized carbons (Fsp3) is 0.429. The Labute approximate surface area is 214 Å². The molecule has 194 valence electrons. The lowest BCUT2D eigenvalue weighted by atomic mass is 9.93. The van der Waals surface area contributed by atoms with Gasteiger partial charge in [0.05, 0.1) is 42.0 Å². The van der Waals surface area contributed by atoms with E-state index < -0.39 is 0 Å². The molecule has 3 aliphatic rings. The van der Waals surface area contributed by atoms with Gasteiger partial charge in [0, 0.05) is 40.7 Å². The first kappa shape index (κ1) is 23.9. The molecule has 1 amide bonds. The highest BCUT2D eigenvalue weighted by atomic mass is 19.1. The number of aromatic amines is 1. The van der Waals surface area contributed by atoms with Crippen molar-refractivity contribution >= 4 is 17.3 Å². The summed E-state index contributed by atoms with van der Waals surface area (Å²) in [5, 5.41) is 6.42. The second kappa shape index (κ2) is 8.85. The Morgan fingerprint density at radius 3 is 2.86 bits per heavy atom. The minimum Gasteiger partial charge on any atom is -0.488 e. The third kappa shape index (κ3) is 4.36. The molecule has 2 aliphatic heterocycles. The summed E-state index contributed by atoms with van der Waals surface area (Å²) in [6.07, 6.45) is 5.13. The molecule has 6 rings (SSSR count). The highest BCUT2D eigenvalue weighted by molar-refractivity contribution is 6.07. The van der Waals surface area contributed by atoms with Gasteiger partial charge in [-0.2, -0.15) is 0 Å². The topological polar surface area (TPSA) is 97.5 Å². The summed E-state index contributed by atoms with van der Waals surface area (Å²) in [6.45, 7) is 7.53. The van der Waals surface area contributed by atoms with Crippen molar-refractivity contribution < 1.29 is 23.4 Å². The number of anilines is 2. The molecule has 9 heteroatoms. The Hall–Kier alpha value is -3.43. The largest absolute Gasteiger partial charge is 0.488 e. The summed E-state index contributed by atoms with van der Waals surface area (Å²) in [4.78, 5) is 21.0. The maximum Gasteiger partial charge on any atom is 0.255 e. The van der Waals surface area contributed by atoms with Crippen LogP contribution in [0.2, 0.25) is 0 Å². The summed E-state index contributed by atoms with van der Waals surface area (Å²) in [5.74, 6) is 0.0853. The van der Waals surface area contributed by atoms with Crippen LogP contribution in [0.25, 0.3) is 11.3 Å². The predicted molar refractivity (Wildman–Crippen MR) is 137 cm³/mol. The number of rotatable bonds is 6. The number of nitrogens with zero attached hydrogens (tertiary/aromatic N) is 1. The zero-order valence-corrected chi connectivity index (χ0v) is 21.2. The van der Waals surface area contributed by atoms with E-state index in [9.17, 15) is 9.18 Å². The van der Waals surface area contributed by atoms with E-state index in [1.54, 1.807) is 31.5 Å². The standard InChI is InChI=1S/C28H31FN4O4/c1-16-19(29)5-4-6-20(16)32-24-22-25(28(8-9-28)14-31-26(22)34)33-23(24)18-7-10-30-11-21(18)35-12-17-13-37-27(2,3)15-36-17/h4-7,10-11,17,32-33H,8-9,12-15H2,1-3H3,(H,31,34)/t17-/m1/s1. The van der Waals surface area contributed by atoms with Crippen LogP contribution in [0.4, 0.5) is 15.8 Å². The molecular weight excluding hydrogens is 475 g/mol. The maximum absolute atomic E-state index is 14.4. The second-order valence-electron chi connectivity index (χ2n) is 10.8. The molecule has 8 nitrogen and oxygen atoms in total. The first-order valence-electron chi connectivity index (χ1n) is 12.7. The van der Waals surface area contributed by atoms with Crippen molar-refractivity contribution in [3.8, 4) is 17.0 Å². The van der Waals surface area contributed by atoms with Crippen LogP contribution in [-0.2, 0) is 14.9 Å². The molecule has 0 bridgehead atoms. The van der Waals surface area contributed by atoms with Gasteiger partial charge < -0.3 is 29.8 Å². The van der Waals surface area contributed by atoms with Gasteiger partial charge in [0.15, 0.2) is 0 Å². The molecule has 37 heavy (non-hydrogen) atoms. The Bertz CT molecular complexity index is 1350. The number of pyridine rings is 1. The Morgan fingerprint density at radius 2 is 2.11 bits per heavy atom. The van der Waals surface area contributed by atoms with E-state index in [-0.39, 0.29) is 28.8 Å². The summed E-state index contributed by atoms with van der Waals surface area (Å²) >= 11 is 0. The van der Waals surface area contributed by atoms with E-state index in [0.29, 0.717) is 60.3 Å². The van der Waals surface area contributed by atoms with Gasteiger partial charge in [0.25, 0.3) is 5.91 Å². The molecule has 4 heterocycles. The van der Waals surface area contributed by atoms with Crippen LogP contribution in [0.1, 0.15) is 48.3 Å². The summed E-state index contributed by atoms with van der Waals surface area (Å²) < 4.78 is 32.4. The summed E-state index contributed by atoms with van der Waals surface area (Å²) in [6, 6.07) is 6.74. The molecule has 1 saturated heterocycles. The molecule has 1 atom stereocenters. The molecule has 1 aliphatic carbocycles. The van der Waals surface area contributed by atoms with Crippen molar-refractivity contribution in [1.82, 2.24) is 15.3 Å². The number of ether oxygens (including phenoxy) is 3. The maximum atomic E-state index is 14.4. The van der Waals surface area contributed by atoms with Gasteiger partial charge in [-0.3, -0.25) is 9.78 Å². The number of aromatic nitrogens is 2. The van der Waals surface area contributed by atoms with Crippen LogP contribution >= 0.6 is 0 Å². The average Bonchev–Trinajstić information content (AvgIpc) is 3.56. The Balaban J connectivity index is 1.39. The first-order valence-corrected chi connectivity index (χ1v) is 12.7. The number of nitrogens with one attached hydrogen (secondary N) is 3. The van der Waals surface area contributed by atoms with E-state index in [1.165, 1.54) is 6.07 Å². The molecule has 1 saturated carbocycles. The molecule has 3 N–H and O–H groups in total. The number of carbonyl (C=O) groups is 1. The number of hydrogen-bond donors (Lipinski definition) is 3. The van der Waals surface area contributed by atoms with Gasteiger partial charge >= 0.3 is 0 Å². The van der Waals surface area contributed by atoms with Crippen molar-refractivity contribution in [2.45, 2.75) is 50.7 Å². The van der Waals surface area contributed by atoms with Crippen LogP contribution in [0.3, 0.4) is 0 Å². The lowest BCUT2D eigenvalue weighted by molar-refractivity contribution is -0.181. The average molecular weight is 507 g/mol. The van der Waals surface area contributed by atoms with E-state index in [4.69, 9.17) is 14.2 Å².